The molecule has 1 atom stereocenters. The van der Waals surface area contributed by atoms with Gasteiger partial charge in [-0.05, 0) is 19.8 Å². The summed E-state index contributed by atoms with van der Waals surface area (Å²) in [4.78, 5) is 22.1. The number of amides is 2. The largest absolute Gasteiger partial charge is 0.352 e. The second-order valence-corrected chi connectivity index (χ2v) is 4.01. The molecule has 0 spiro atoms. The van der Waals surface area contributed by atoms with Crippen molar-refractivity contribution in [3.8, 4) is 0 Å². The number of carbonyl (C=O) groups is 2. The number of nitrogens with one attached hydrogen (secondary N) is 2. The normalized spacial score (nSPS) is 17.7. The highest BCUT2D eigenvalue weighted by molar-refractivity contribution is 7.81. The summed E-state index contributed by atoms with van der Waals surface area (Å²) in [7, 11) is 0. The van der Waals surface area contributed by atoms with Crippen molar-refractivity contribution in [3.05, 3.63) is 0 Å². The third-order valence-electron chi connectivity index (χ3n) is 1.75. The second kappa shape index (κ2) is 4.50. The van der Waals surface area contributed by atoms with Gasteiger partial charge in [-0.1, -0.05) is 0 Å². The van der Waals surface area contributed by atoms with Crippen molar-refractivity contribution in [2.75, 3.05) is 6.54 Å². The van der Waals surface area contributed by atoms with Crippen LogP contribution in [-0.4, -0.2) is 29.7 Å². The first-order valence-corrected chi connectivity index (χ1v) is 4.86. The minimum atomic E-state index is -0.367. The molecule has 1 saturated carbocycles. The summed E-state index contributed by atoms with van der Waals surface area (Å²) in [6.07, 6.45) is 2.12. The Bertz CT molecular complexity index is 214. The molecule has 1 unspecified atom stereocenters. The molecule has 1 fully saturated rings. The van der Waals surface area contributed by atoms with E-state index in [1.807, 2.05) is 0 Å². The minimum Gasteiger partial charge on any atom is -0.352 e. The lowest BCUT2D eigenvalue weighted by Crippen LogP contribution is -2.40. The fourth-order valence-corrected chi connectivity index (χ4v) is 0.913. The molecular formula is C8H14N2O2S. The molecule has 2 amide bonds. The van der Waals surface area contributed by atoms with E-state index in [0.29, 0.717) is 6.04 Å². The van der Waals surface area contributed by atoms with Crippen LogP contribution in [0.15, 0.2) is 0 Å². The molecular weight excluding hydrogens is 188 g/mol. The van der Waals surface area contributed by atoms with Gasteiger partial charge in [0, 0.05) is 6.04 Å². The Morgan fingerprint density at radius 1 is 1.54 bits per heavy atom. The Labute approximate surface area is 82.9 Å². The maximum atomic E-state index is 11.1. The van der Waals surface area contributed by atoms with Gasteiger partial charge in [0.1, 0.15) is 0 Å². The van der Waals surface area contributed by atoms with Crippen molar-refractivity contribution >= 4 is 24.4 Å². The van der Waals surface area contributed by atoms with Gasteiger partial charge in [0.05, 0.1) is 11.8 Å². The molecule has 0 aromatic carbocycles. The molecule has 1 rings (SSSR count). The van der Waals surface area contributed by atoms with Crippen molar-refractivity contribution in [1.29, 1.82) is 0 Å². The summed E-state index contributed by atoms with van der Waals surface area (Å²) in [5.41, 5.74) is 0. The van der Waals surface area contributed by atoms with E-state index in [2.05, 4.69) is 23.3 Å². The van der Waals surface area contributed by atoms with Gasteiger partial charge < -0.3 is 10.6 Å². The molecule has 0 heterocycles. The molecule has 0 aromatic rings. The highest BCUT2D eigenvalue weighted by atomic mass is 32.1. The standard InChI is InChI=1S/C8H14N2O2S/c1-5(13)8(12)9-4-7(11)10-6-2-3-6/h5-6,13H,2-4H2,1H3,(H,9,12)(H,10,11). The second-order valence-electron chi connectivity index (χ2n) is 3.24. The molecule has 0 saturated heterocycles. The van der Waals surface area contributed by atoms with Gasteiger partial charge >= 0.3 is 0 Å². The van der Waals surface area contributed by atoms with Gasteiger partial charge in [0.15, 0.2) is 0 Å². The van der Waals surface area contributed by atoms with Crippen molar-refractivity contribution in [2.24, 2.45) is 0 Å². The van der Waals surface area contributed by atoms with E-state index in [4.69, 9.17) is 0 Å². The van der Waals surface area contributed by atoms with E-state index in [-0.39, 0.29) is 23.6 Å². The van der Waals surface area contributed by atoms with Crippen LogP contribution in [0.3, 0.4) is 0 Å². The van der Waals surface area contributed by atoms with Crippen molar-refractivity contribution in [1.82, 2.24) is 10.6 Å². The Balaban J connectivity index is 2.09. The monoisotopic (exact) mass is 202 g/mol. The van der Waals surface area contributed by atoms with Crippen molar-refractivity contribution < 1.29 is 9.59 Å². The lowest BCUT2D eigenvalue weighted by molar-refractivity contribution is -0.125. The van der Waals surface area contributed by atoms with Gasteiger partial charge in [-0.2, -0.15) is 12.6 Å². The zero-order valence-corrected chi connectivity index (χ0v) is 8.43. The SMILES string of the molecule is CC(S)C(=O)NCC(=O)NC1CC1. The third kappa shape index (κ3) is 4.17. The van der Waals surface area contributed by atoms with E-state index in [9.17, 15) is 9.59 Å². The zero-order chi connectivity index (χ0) is 9.84. The molecule has 1 aliphatic rings. The molecule has 1 aliphatic carbocycles. The van der Waals surface area contributed by atoms with Crippen molar-refractivity contribution in [3.63, 3.8) is 0 Å². The average Bonchev–Trinajstić information content (AvgIpc) is 2.83. The molecule has 2 N–H and O–H groups in total. The van der Waals surface area contributed by atoms with E-state index in [0.717, 1.165) is 12.8 Å². The molecule has 13 heavy (non-hydrogen) atoms. The van der Waals surface area contributed by atoms with Gasteiger partial charge in [0.25, 0.3) is 0 Å². The highest BCUT2D eigenvalue weighted by Gasteiger charge is 2.23. The quantitative estimate of drug-likeness (QED) is 0.548. The predicted octanol–water partition coefficient (Wildman–Crippen LogP) is -0.301. The fraction of sp³-hybridized carbons (Fsp3) is 0.750. The maximum absolute atomic E-state index is 11.1. The Kier molecular flexibility index (Phi) is 3.59. The molecule has 0 bridgehead atoms. The lowest BCUT2D eigenvalue weighted by Gasteiger charge is -2.06. The zero-order valence-electron chi connectivity index (χ0n) is 7.54. The summed E-state index contributed by atoms with van der Waals surface area (Å²) in [5, 5.41) is 4.89. The van der Waals surface area contributed by atoms with Crippen LogP contribution in [0, 0.1) is 0 Å². The number of hydrogen-bond acceptors (Lipinski definition) is 3. The van der Waals surface area contributed by atoms with Gasteiger partial charge in [-0.3, -0.25) is 9.59 Å². The van der Waals surface area contributed by atoms with Crippen LogP contribution < -0.4 is 10.6 Å². The number of hydrogen-bond donors (Lipinski definition) is 3. The Morgan fingerprint density at radius 3 is 2.62 bits per heavy atom. The summed E-state index contributed by atoms with van der Waals surface area (Å²) in [6.45, 7) is 1.72. The van der Waals surface area contributed by atoms with Crippen LogP contribution in [0.4, 0.5) is 0 Å². The smallest absolute Gasteiger partial charge is 0.239 e. The molecule has 5 heteroatoms. The summed E-state index contributed by atoms with van der Waals surface area (Å²) in [5.74, 6) is -0.334. The van der Waals surface area contributed by atoms with E-state index < -0.39 is 0 Å². The molecule has 0 aromatic heterocycles. The van der Waals surface area contributed by atoms with Crippen molar-refractivity contribution in [2.45, 2.75) is 31.1 Å². The van der Waals surface area contributed by atoms with E-state index >= 15 is 0 Å². The fourth-order valence-electron chi connectivity index (χ4n) is 0.821. The van der Waals surface area contributed by atoms with Crippen LogP contribution in [0.5, 0.6) is 0 Å². The van der Waals surface area contributed by atoms with Crippen LogP contribution in [-0.2, 0) is 9.59 Å². The number of thiol groups is 1. The number of rotatable bonds is 4. The third-order valence-corrected chi connectivity index (χ3v) is 1.98. The first-order chi connectivity index (χ1) is 6.09. The molecule has 4 nitrogen and oxygen atoms in total. The first kappa shape index (κ1) is 10.4. The van der Waals surface area contributed by atoms with Gasteiger partial charge in [-0.25, -0.2) is 0 Å². The molecule has 0 radical (unpaired) electrons. The van der Waals surface area contributed by atoms with E-state index in [1.165, 1.54) is 0 Å². The average molecular weight is 202 g/mol. The highest BCUT2D eigenvalue weighted by Crippen LogP contribution is 2.18. The Morgan fingerprint density at radius 2 is 2.15 bits per heavy atom. The lowest BCUT2D eigenvalue weighted by atomic mass is 10.4. The summed E-state index contributed by atoms with van der Waals surface area (Å²) >= 11 is 3.93. The topological polar surface area (TPSA) is 58.2 Å². The van der Waals surface area contributed by atoms with Gasteiger partial charge in [0.2, 0.25) is 11.8 Å². The first-order valence-electron chi connectivity index (χ1n) is 4.34. The Hall–Kier alpha value is -0.710. The van der Waals surface area contributed by atoms with E-state index in [1.54, 1.807) is 6.92 Å². The molecule has 74 valence electrons. The van der Waals surface area contributed by atoms with Crippen LogP contribution >= 0.6 is 12.6 Å². The van der Waals surface area contributed by atoms with Crippen LogP contribution in [0.25, 0.3) is 0 Å². The molecule has 0 aliphatic heterocycles. The summed E-state index contributed by atoms with van der Waals surface area (Å²) < 4.78 is 0. The summed E-state index contributed by atoms with van der Waals surface area (Å²) in [6, 6.07) is 0.345. The van der Waals surface area contributed by atoms with Gasteiger partial charge in [-0.15, -0.1) is 0 Å². The predicted molar refractivity (Wildman–Crippen MR) is 52.6 cm³/mol. The van der Waals surface area contributed by atoms with Crippen LogP contribution in [0.2, 0.25) is 0 Å². The minimum absolute atomic E-state index is 0.0558. The van der Waals surface area contributed by atoms with Crippen LogP contribution in [0.1, 0.15) is 19.8 Å². The maximum Gasteiger partial charge on any atom is 0.239 e. The number of carbonyl (C=O) groups excluding carboxylic acids is 2.